The van der Waals surface area contributed by atoms with E-state index < -0.39 is 0 Å². The van der Waals surface area contributed by atoms with E-state index in [4.69, 9.17) is 0 Å². The highest BCUT2D eigenvalue weighted by Crippen LogP contribution is 2.01. The summed E-state index contributed by atoms with van der Waals surface area (Å²) >= 11 is 0. The van der Waals surface area contributed by atoms with Crippen LogP contribution in [-0.2, 0) is 0 Å². The Morgan fingerprint density at radius 2 is 2.25 bits per heavy atom. The van der Waals surface area contributed by atoms with Gasteiger partial charge in [0.25, 0.3) is 0 Å². The van der Waals surface area contributed by atoms with Gasteiger partial charge < -0.3 is 0 Å². The number of nitrogens with zero attached hydrogens (tertiary/aromatic N) is 4. The van der Waals surface area contributed by atoms with Gasteiger partial charge in [-0.05, 0) is 26.6 Å². The van der Waals surface area contributed by atoms with E-state index in [9.17, 15) is 0 Å². The Bertz CT molecular complexity index is 322. The SMILES string of the molecule is C=NC(=NC)n1nc(C)cc1C. The number of hydrogen-bond donors (Lipinski definition) is 0. The molecule has 12 heavy (non-hydrogen) atoms. The zero-order valence-electron chi connectivity index (χ0n) is 7.57. The summed E-state index contributed by atoms with van der Waals surface area (Å²) in [6.07, 6.45) is 0. The lowest BCUT2D eigenvalue weighted by Crippen LogP contribution is -2.12. The van der Waals surface area contributed by atoms with Crippen LogP contribution in [0.15, 0.2) is 16.1 Å². The van der Waals surface area contributed by atoms with E-state index in [0.717, 1.165) is 11.4 Å². The predicted molar refractivity (Wildman–Crippen MR) is 50.0 cm³/mol. The molecule has 0 atom stereocenters. The molecule has 0 amide bonds. The molecule has 1 rings (SSSR count). The van der Waals surface area contributed by atoms with Crippen molar-refractivity contribution in [2.24, 2.45) is 9.98 Å². The van der Waals surface area contributed by atoms with Gasteiger partial charge >= 0.3 is 0 Å². The molecule has 0 fully saturated rings. The van der Waals surface area contributed by atoms with Gasteiger partial charge in [-0.2, -0.15) is 5.10 Å². The van der Waals surface area contributed by atoms with Gasteiger partial charge in [0, 0.05) is 12.7 Å². The average Bonchev–Trinajstić information content (AvgIpc) is 2.34. The van der Waals surface area contributed by atoms with Crippen LogP contribution in [0.2, 0.25) is 0 Å². The molecular formula is C8H12N4. The number of hydrogen-bond acceptors (Lipinski definition) is 2. The van der Waals surface area contributed by atoms with Gasteiger partial charge in [0.2, 0.25) is 5.96 Å². The normalized spacial score (nSPS) is 11.8. The van der Waals surface area contributed by atoms with Crippen LogP contribution < -0.4 is 0 Å². The lowest BCUT2D eigenvalue weighted by Gasteiger charge is -1.99. The van der Waals surface area contributed by atoms with Crippen LogP contribution in [0.1, 0.15) is 11.4 Å². The molecule has 4 heteroatoms. The Morgan fingerprint density at radius 3 is 2.58 bits per heavy atom. The maximum absolute atomic E-state index is 4.20. The number of aryl methyl sites for hydroxylation is 2. The molecule has 4 nitrogen and oxygen atoms in total. The smallest absolute Gasteiger partial charge is 0.245 e. The first-order valence-electron chi connectivity index (χ1n) is 3.66. The standard InChI is InChI=1S/C8H12N4/c1-6-5-7(2)12(11-6)8(9-3)10-4/h5H,3H2,1-2,4H3. The van der Waals surface area contributed by atoms with Crippen molar-refractivity contribution < 1.29 is 0 Å². The van der Waals surface area contributed by atoms with E-state index in [2.05, 4.69) is 21.8 Å². The number of rotatable bonds is 0. The molecule has 0 radical (unpaired) electrons. The molecule has 0 bridgehead atoms. The predicted octanol–water partition coefficient (Wildman–Crippen LogP) is 1.03. The van der Waals surface area contributed by atoms with Gasteiger partial charge in [-0.1, -0.05) is 0 Å². The molecule has 0 unspecified atom stereocenters. The quantitative estimate of drug-likeness (QED) is 0.417. The van der Waals surface area contributed by atoms with Crippen LogP contribution in [-0.4, -0.2) is 29.5 Å². The van der Waals surface area contributed by atoms with Gasteiger partial charge in [0.05, 0.1) is 5.69 Å². The topological polar surface area (TPSA) is 42.5 Å². The van der Waals surface area contributed by atoms with Crippen LogP contribution in [0.25, 0.3) is 0 Å². The molecular weight excluding hydrogens is 152 g/mol. The maximum Gasteiger partial charge on any atom is 0.245 e. The zero-order chi connectivity index (χ0) is 9.14. The Labute approximate surface area is 71.7 Å². The highest BCUT2D eigenvalue weighted by Gasteiger charge is 2.04. The summed E-state index contributed by atoms with van der Waals surface area (Å²) < 4.78 is 1.67. The Morgan fingerprint density at radius 1 is 1.58 bits per heavy atom. The molecule has 0 N–H and O–H groups in total. The fourth-order valence-corrected chi connectivity index (χ4v) is 1.06. The Kier molecular flexibility index (Phi) is 2.38. The second-order valence-corrected chi connectivity index (χ2v) is 2.52. The lowest BCUT2D eigenvalue weighted by molar-refractivity contribution is 0.868. The summed E-state index contributed by atoms with van der Waals surface area (Å²) in [6.45, 7) is 7.30. The second-order valence-electron chi connectivity index (χ2n) is 2.52. The van der Waals surface area contributed by atoms with E-state index >= 15 is 0 Å². The molecule has 64 valence electrons. The molecule has 0 spiro atoms. The summed E-state index contributed by atoms with van der Waals surface area (Å²) in [5, 5.41) is 4.20. The van der Waals surface area contributed by atoms with Crippen LogP contribution in [0, 0.1) is 13.8 Å². The van der Waals surface area contributed by atoms with Crippen molar-refractivity contribution in [1.29, 1.82) is 0 Å². The minimum absolute atomic E-state index is 0.528. The third-order valence-corrected chi connectivity index (χ3v) is 1.54. The largest absolute Gasteiger partial charge is 0.253 e. The van der Waals surface area contributed by atoms with Crippen molar-refractivity contribution in [2.75, 3.05) is 7.05 Å². The molecule has 0 saturated heterocycles. The fourth-order valence-electron chi connectivity index (χ4n) is 1.06. The summed E-state index contributed by atoms with van der Waals surface area (Å²) in [7, 11) is 1.67. The highest BCUT2D eigenvalue weighted by atomic mass is 15.4. The van der Waals surface area contributed by atoms with Gasteiger partial charge in [-0.3, -0.25) is 4.99 Å². The minimum Gasteiger partial charge on any atom is -0.253 e. The van der Waals surface area contributed by atoms with Crippen molar-refractivity contribution in [2.45, 2.75) is 13.8 Å². The fraction of sp³-hybridized carbons (Fsp3) is 0.375. The second kappa shape index (κ2) is 3.30. The summed E-state index contributed by atoms with van der Waals surface area (Å²) in [4.78, 5) is 7.69. The van der Waals surface area contributed by atoms with Crippen molar-refractivity contribution >= 4 is 12.7 Å². The van der Waals surface area contributed by atoms with Gasteiger partial charge in [0.1, 0.15) is 0 Å². The van der Waals surface area contributed by atoms with Gasteiger partial charge in [-0.25, -0.2) is 9.67 Å². The molecule has 1 heterocycles. The first-order chi connectivity index (χ1) is 5.69. The van der Waals surface area contributed by atoms with E-state index in [1.54, 1.807) is 11.7 Å². The average molecular weight is 164 g/mol. The number of aliphatic imine (C=N–C) groups is 2. The van der Waals surface area contributed by atoms with Crippen LogP contribution in [0.3, 0.4) is 0 Å². The monoisotopic (exact) mass is 164 g/mol. The first kappa shape index (κ1) is 8.64. The molecule has 0 aromatic carbocycles. The van der Waals surface area contributed by atoms with Crippen molar-refractivity contribution in [3.63, 3.8) is 0 Å². The van der Waals surface area contributed by atoms with Crippen LogP contribution >= 0.6 is 0 Å². The molecule has 0 saturated carbocycles. The molecule has 0 aliphatic carbocycles. The van der Waals surface area contributed by atoms with Crippen LogP contribution in [0.5, 0.6) is 0 Å². The lowest BCUT2D eigenvalue weighted by atomic mass is 10.4. The molecule has 0 aliphatic rings. The Balaban J connectivity index is 3.17. The van der Waals surface area contributed by atoms with Crippen molar-refractivity contribution in [3.8, 4) is 0 Å². The van der Waals surface area contributed by atoms with Crippen molar-refractivity contribution in [1.82, 2.24) is 9.78 Å². The molecule has 0 aliphatic heterocycles. The minimum atomic E-state index is 0.528. The third kappa shape index (κ3) is 1.42. The van der Waals surface area contributed by atoms with Crippen LogP contribution in [0.4, 0.5) is 0 Å². The van der Waals surface area contributed by atoms with E-state index in [0.29, 0.717) is 5.96 Å². The van der Waals surface area contributed by atoms with Gasteiger partial charge in [0.15, 0.2) is 0 Å². The summed E-state index contributed by atoms with van der Waals surface area (Å²) in [5.74, 6) is 0.528. The maximum atomic E-state index is 4.20. The van der Waals surface area contributed by atoms with Crippen molar-refractivity contribution in [3.05, 3.63) is 17.5 Å². The Hall–Kier alpha value is -1.45. The van der Waals surface area contributed by atoms with Gasteiger partial charge in [-0.15, -0.1) is 0 Å². The molecule has 1 aromatic heterocycles. The third-order valence-electron chi connectivity index (χ3n) is 1.54. The molecule has 1 aromatic rings. The summed E-state index contributed by atoms with van der Waals surface area (Å²) in [5.41, 5.74) is 1.97. The van der Waals surface area contributed by atoms with E-state index in [1.807, 2.05) is 19.9 Å². The first-order valence-corrected chi connectivity index (χ1v) is 3.66. The zero-order valence-corrected chi connectivity index (χ0v) is 7.57. The van der Waals surface area contributed by atoms with E-state index in [-0.39, 0.29) is 0 Å². The number of aromatic nitrogens is 2. The summed E-state index contributed by atoms with van der Waals surface area (Å²) in [6, 6.07) is 1.97. The van der Waals surface area contributed by atoms with E-state index in [1.165, 1.54) is 0 Å². The highest BCUT2D eigenvalue weighted by molar-refractivity contribution is 5.85.